The number of carbonyl (C=O) groups is 1. The number of hydrogen-bond donors (Lipinski definition) is 2. The molecule has 0 saturated heterocycles. The standard InChI is InChI=1S/C28H27FN6O3/c1-33-15-17(13-22(27(33)37)32-18-5-4-9-30-14-18)19-8-10-31-26(21(19)16-36)35-12-11-34-23-7-3-2-6-20(23)24(29)25(34)28(35)38/h4-5,8-10,13-15,32,36H,2-3,6-7,11-12,16H2,1H3. The summed E-state index contributed by atoms with van der Waals surface area (Å²) in [4.78, 5) is 36.4. The van der Waals surface area contributed by atoms with Crippen LogP contribution in [0.1, 0.15) is 40.2 Å². The maximum atomic E-state index is 15.4. The van der Waals surface area contributed by atoms with E-state index in [1.54, 1.807) is 56.1 Å². The molecule has 5 heterocycles. The lowest BCUT2D eigenvalue weighted by atomic mass is 9.97. The van der Waals surface area contributed by atoms with Crippen molar-refractivity contribution in [2.75, 3.05) is 16.8 Å². The van der Waals surface area contributed by atoms with E-state index in [1.807, 2.05) is 4.57 Å². The van der Waals surface area contributed by atoms with Crippen LogP contribution in [0.25, 0.3) is 11.1 Å². The van der Waals surface area contributed by atoms with Crippen molar-refractivity contribution in [3.63, 3.8) is 0 Å². The Morgan fingerprint density at radius 3 is 2.76 bits per heavy atom. The van der Waals surface area contributed by atoms with Gasteiger partial charge in [0.25, 0.3) is 11.5 Å². The summed E-state index contributed by atoms with van der Waals surface area (Å²) >= 11 is 0. The fourth-order valence-electron chi connectivity index (χ4n) is 5.59. The zero-order chi connectivity index (χ0) is 26.4. The molecule has 9 nitrogen and oxygen atoms in total. The van der Waals surface area contributed by atoms with Gasteiger partial charge < -0.3 is 19.6 Å². The summed E-state index contributed by atoms with van der Waals surface area (Å²) in [5.74, 6) is -0.599. The second kappa shape index (κ2) is 9.53. The third kappa shape index (κ3) is 3.88. The Kier molecular flexibility index (Phi) is 6.03. The van der Waals surface area contributed by atoms with Crippen molar-refractivity contribution in [2.45, 2.75) is 38.8 Å². The van der Waals surface area contributed by atoms with Crippen LogP contribution in [0.3, 0.4) is 0 Å². The number of anilines is 3. The monoisotopic (exact) mass is 514 g/mol. The lowest BCUT2D eigenvalue weighted by molar-refractivity contribution is 0.0958. The minimum absolute atomic E-state index is 0.0734. The van der Waals surface area contributed by atoms with Crippen molar-refractivity contribution >= 4 is 23.1 Å². The van der Waals surface area contributed by atoms with Gasteiger partial charge in [-0.15, -0.1) is 0 Å². The number of nitrogens with zero attached hydrogens (tertiary/aromatic N) is 5. The van der Waals surface area contributed by atoms with Crippen molar-refractivity contribution in [3.8, 4) is 11.1 Å². The molecule has 0 unspecified atom stereocenters. The molecule has 1 aliphatic carbocycles. The molecule has 0 fully saturated rings. The number of halogens is 1. The molecule has 4 aromatic heterocycles. The van der Waals surface area contributed by atoms with Crippen LogP contribution < -0.4 is 15.8 Å². The molecule has 0 spiro atoms. The van der Waals surface area contributed by atoms with Gasteiger partial charge in [-0.25, -0.2) is 9.37 Å². The van der Waals surface area contributed by atoms with Crippen molar-refractivity contribution in [2.24, 2.45) is 7.05 Å². The van der Waals surface area contributed by atoms with Crippen LogP contribution in [0.5, 0.6) is 0 Å². The topological polar surface area (TPSA) is 105 Å². The molecule has 4 aromatic rings. The summed E-state index contributed by atoms with van der Waals surface area (Å²) in [6, 6.07) is 7.00. The zero-order valence-corrected chi connectivity index (χ0v) is 20.9. The van der Waals surface area contributed by atoms with E-state index in [2.05, 4.69) is 15.3 Å². The van der Waals surface area contributed by atoms with E-state index in [4.69, 9.17) is 0 Å². The van der Waals surface area contributed by atoms with Crippen LogP contribution in [-0.4, -0.2) is 36.7 Å². The highest BCUT2D eigenvalue weighted by molar-refractivity contribution is 6.06. The molecular formula is C28H27FN6O3. The average Bonchev–Trinajstić information content (AvgIpc) is 3.24. The molecule has 38 heavy (non-hydrogen) atoms. The number of aliphatic hydroxyl groups excluding tert-OH is 1. The van der Waals surface area contributed by atoms with Crippen LogP contribution in [0.15, 0.2) is 53.8 Å². The molecule has 0 saturated carbocycles. The lowest BCUT2D eigenvalue weighted by Gasteiger charge is -2.30. The van der Waals surface area contributed by atoms with E-state index < -0.39 is 18.3 Å². The van der Waals surface area contributed by atoms with Crippen molar-refractivity contribution in [1.29, 1.82) is 0 Å². The van der Waals surface area contributed by atoms with E-state index in [1.165, 1.54) is 9.47 Å². The Morgan fingerprint density at radius 2 is 1.97 bits per heavy atom. The normalized spacial score (nSPS) is 14.8. The van der Waals surface area contributed by atoms with Gasteiger partial charge in [0.1, 0.15) is 17.2 Å². The zero-order valence-electron chi connectivity index (χ0n) is 20.9. The van der Waals surface area contributed by atoms with Crippen LogP contribution in [-0.2, 0) is 33.0 Å². The van der Waals surface area contributed by atoms with Crippen LogP contribution >= 0.6 is 0 Å². The quantitative estimate of drug-likeness (QED) is 0.422. The molecule has 1 amide bonds. The number of rotatable bonds is 5. The van der Waals surface area contributed by atoms with Gasteiger partial charge in [-0.2, -0.15) is 0 Å². The highest BCUT2D eigenvalue weighted by atomic mass is 19.1. The van der Waals surface area contributed by atoms with E-state index in [9.17, 15) is 14.7 Å². The third-order valence-corrected chi connectivity index (χ3v) is 7.38. The van der Waals surface area contributed by atoms with Gasteiger partial charge in [0.05, 0.1) is 18.5 Å². The molecular weight excluding hydrogens is 487 g/mol. The largest absolute Gasteiger partial charge is 0.392 e. The van der Waals surface area contributed by atoms with Crippen LogP contribution in [0, 0.1) is 5.82 Å². The third-order valence-electron chi connectivity index (χ3n) is 7.38. The minimum atomic E-state index is -0.457. The summed E-state index contributed by atoms with van der Waals surface area (Å²) in [7, 11) is 1.65. The van der Waals surface area contributed by atoms with Crippen molar-refractivity contribution in [3.05, 3.63) is 87.7 Å². The summed E-state index contributed by atoms with van der Waals surface area (Å²) < 4.78 is 18.7. The SMILES string of the molecule is Cn1cc(-c2ccnc(N3CCn4c5c(c(F)c4C3=O)CCCC5)c2CO)cc(Nc2cccnc2)c1=O. The number of amides is 1. The first-order chi connectivity index (χ1) is 18.5. The summed E-state index contributed by atoms with van der Waals surface area (Å²) in [6.45, 7) is 0.385. The maximum absolute atomic E-state index is 15.4. The van der Waals surface area contributed by atoms with Gasteiger partial charge in [0.2, 0.25) is 0 Å². The fourth-order valence-corrected chi connectivity index (χ4v) is 5.59. The molecule has 1 aliphatic heterocycles. The fraction of sp³-hybridized carbons (Fsp3) is 0.286. The van der Waals surface area contributed by atoms with Crippen LogP contribution in [0.2, 0.25) is 0 Å². The highest BCUT2D eigenvalue weighted by Gasteiger charge is 2.36. The Hall–Kier alpha value is -4.31. The van der Waals surface area contributed by atoms with E-state index in [0.717, 1.165) is 25.0 Å². The molecule has 0 aromatic carbocycles. The Labute approximate surface area is 218 Å². The molecule has 0 bridgehead atoms. The van der Waals surface area contributed by atoms with E-state index in [-0.39, 0.29) is 17.1 Å². The predicted octanol–water partition coefficient (Wildman–Crippen LogP) is 3.56. The van der Waals surface area contributed by atoms with Gasteiger partial charge in [-0.05, 0) is 55.5 Å². The highest BCUT2D eigenvalue weighted by Crippen LogP contribution is 2.36. The number of aromatic nitrogens is 4. The van der Waals surface area contributed by atoms with Gasteiger partial charge in [0.15, 0.2) is 5.82 Å². The van der Waals surface area contributed by atoms with Crippen molar-refractivity contribution in [1.82, 2.24) is 19.1 Å². The van der Waals surface area contributed by atoms with Crippen LogP contribution in [0.4, 0.5) is 21.6 Å². The molecule has 2 N–H and O–H groups in total. The number of carbonyl (C=O) groups excluding carboxylic acids is 1. The van der Waals surface area contributed by atoms with E-state index >= 15 is 4.39 Å². The molecule has 194 valence electrons. The number of hydrogen-bond acceptors (Lipinski definition) is 6. The molecule has 0 radical (unpaired) electrons. The molecule has 10 heteroatoms. The molecule has 2 aliphatic rings. The Morgan fingerprint density at radius 1 is 1.13 bits per heavy atom. The Bertz CT molecular complexity index is 1610. The maximum Gasteiger partial charge on any atom is 0.279 e. The number of fused-ring (bicyclic) bond motifs is 3. The number of nitrogens with one attached hydrogen (secondary N) is 1. The number of pyridine rings is 3. The summed E-state index contributed by atoms with van der Waals surface area (Å²) in [5.41, 5.74) is 4.12. The van der Waals surface area contributed by atoms with E-state index in [0.29, 0.717) is 53.1 Å². The Balaban J connectivity index is 1.41. The second-order valence-corrected chi connectivity index (χ2v) is 9.65. The van der Waals surface area contributed by atoms with Gasteiger partial charge in [0, 0.05) is 61.1 Å². The lowest BCUT2D eigenvalue weighted by Crippen LogP contribution is -2.42. The van der Waals surface area contributed by atoms with Gasteiger partial charge >= 0.3 is 0 Å². The van der Waals surface area contributed by atoms with Gasteiger partial charge in [-0.3, -0.25) is 19.5 Å². The smallest absolute Gasteiger partial charge is 0.279 e. The second-order valence-electron chi connectivity index (χ2n) is 9.65. The first-order valence-corrected chi connectivity index (χ1v) is 12.7. The number of aliphatic hydroxyl groups is 1. The van der Waals surface area contributed by atoms with Crippen molar-refractivity contribution < 1.29 is 14.3 Å². The predicted molar refractivity (Wildman–Crippen MR) is 141 cm³/mol. The molecule has 6 rings (SSSR count). The minimum Gasteiger partial charge on any atom is -0.392 e. The van der Waals surface area contributed by atoms with Gasteiger partial charge in [-0.1, -0.05) is 0 Å². The summed E-state index contributed by atoms with van der Waals surface area (Å²) in [6.07, 6.45) is 9.82. The first-order valence-electron chi connectivity index (χ1n) is 12.7. The first kappa shape index (κ1) is 24.1. The summed E-state index contributed by atoms with van der Waals surface area (Å²) in [5, 5.41) is 13.5. The number of aryl methyl sites for hydroxylation is 1. The average molecular weight is 515 g/mol. The molecule has 0 atom stereocenters.